The normalized spacial score (nSPS) is 14.6. The molecule has 0 unspecified atom stereocenters. The first-order chi connectivity index (χ1) is 12.4. The summed E-state index contributed by atoms with van der Waals surface area (Å²) < 4.78 is 13.9. The summed E-state index contributed by atoms with van der Waals surface area (Å²) in [4.78, 5) is 33.6. The maximum absolute atomic E-state index is 13.9. The van der Waals surface area contributed by atoms with E-state index in [1.165, 1.54) is 34.4 Å². The van der Waals surface area contributed by atoms with E-state index in [2.05, 4.69) is 4.98 Å². The smallest absolute Gasteiger partial charge is 0.258 e. The summed E-state index contributed by atoms with van der Waals surface area (Å²) in [6, 6.07) is 4.18. The lowest BCUT2D eigenvalue weighted by Gasteiger charge is -2.35. The van der Waals surface area contributed by atoms with Gasteiger partial charge in [-0.3, -0.25) is 9.59 Å². The molecule has 1 aromatic heterocycles. The summed E-state index contributed by atoms with van der Waals surface area (Å²) in [5.74, 6) is -1.04. The second-order valence-electron chi connectivity index (χ2n) is 6.19. The molecule has 0 aliphatic carbocycles. The third-order valence-corrected chi connectivity index (χ3v) is 5.80. The third-order valence-electron chi connectivity index (χ3n) is 4.41. The van der Waals surface area contributed by atoms with Gasteiger partial charge in [0.25, 0.3) is 5.91 Å². The van der Waals surface area contributed by atoms with E-state index in [0.29, 0.717) is 32.6 Å². The van der Waals surface area contributed by atoms with Crippen LogP contribution in [0, 0.1) is 19.7 Å². The molecule has 0 bridgehead atoms. The first-order valence-electron chi connectivity index (χ1n) is 8.30. The Morgan fingerprint density at radius 2 is 1.85 bits per heavy atom. The molecule has 3 rings (SSSR count). The molecule has 0 atom stereocenters. The molecular weight excluding hydrogens is 377 g/mol. The summed E-state index contributed by atoms with van der Waals surface area (Å²) in [5.41, 5.74) is 0.786. The Hall–Kier alpha value is -1.99. The molecule has 2 heterocycles. The van der Waals surface area contributed by atoms with Gasteiger partial charge in [-0.05, 0) is 26.0 Å². The maximum atomic E-state index is 13.9. The number of hydrogen-bond acceptors (Lipinski definition) is 4. The molecule has 1 fully saturated rings. The highest BCUT2D eigenvalue weighted by Gasteiger charge is 2.28. The number of hydrogen-bond donors (Lipinski definition) is 0. The van der Waals surface area contributed by atoms with Crippen molar-refractivity contribution in [2.45, 2.75) is 20.3 Å². The lowest BCUT2D eigenvalue weighted by molar-refractivity contribution is -0.131. The van der Waals surface area contributed by atoms with Crippen LogP contribution in [0.3, 0.4) is 0 Å². The van der Waals surface area contributed by atoms with Crippen LogP contribution in [0.5, 0.6) is 0 Å². The monoisotopic (exact) mass is 395 g/mol. The zero-order valence-corrected chi connectivity index (χ0v) is 16.2. The molecule has 138 valence electrons. The van der Waals surface area contributed by atoms with E-state index in [1.54, 1.807) is 4.90 Å². The number of piperazine rings is 1. The van der Waals surface area contributed by atoms with Gasteiger partial charge < -0.3 is 9.80 Å². The predicted molar refractivity (Wildman–Crippen MR) is 99.2 cm³/mol. The van der Waals surface area contributed by atoms with Gasteiger partial charge in [-0.15, -0.1) is 11.3 Å². The van der Waals surface area contributed by atoms with Crippen molar-refractivity contribution in [3.05, 3.63) is 50.2 Å². The number of carbonyl (C=O) groups is 2. The van der Waals surface area contributed by atoms with Crippen LogP contribution in [-0.2, 0) is 11.2 Å². The van der Waals surface area contributed by atoms with Crippen LogP contribution in [0.2, 0.25) is 5.02 Å². The molecule has 1 saturated heterocycles. The number of nitrogens with zero attached hydrogens (tertiary/aromatic N) is 3. The van der Waals surface area contributed by atoms with E-state index in [9.17, 15) is 14.0 Å². The topological polar surface area (TPSA) is 53.5 Å². The number of aryl methyl sites for hydroxylation is 2. The van der Waals surface area contributed by atoms with Gasteiger partial charge in [0, 0.05) is 31.1 Å². The van der Waals surface area contributed by atoms with Gasteiger partial charge in [0.05, 0.1) is 27.7 Å². The zero-order chi connectivity index (χ0) is 18.8. The zero-order valence-electron chi connectivity index (χ0n) is 14.6. The van der Waals surface area contributed by atoms with Gasteiger partial charge in [-0.1, -0.05) is 17.7 Å². The quantitative estimate of drug-likeness (QED) is 0.802. The molecule has 0 saturated carbocycles. The highest BCUT2D eigenvalue weighted by atomic mass is 35.5. The molecule has 1 aliphatic rings. The van der Waals surface area contributed by atoms with Gasteiger partial charge in [-0.25, -0.2) is 9.37 Å². The van der Waals surface area contributed by atoms with E-state index in [1.807, 2.05) is 13.8 Å². The highest BCUT2D eigenvalue weighted by Crippen LogP contribution is 2.22. The standard InChI is InChI=1S/C18H19ClFN3O2S/c1-11-15(26-12(2)21-11)10-16(24)22-6-8-23(9-7-22)18(25)17-13(19)4-3-5-14(17)20/h3-5H,6-10H2,1-2H3. The molecule has 0 spiro atoms. The van der Waals surface area contributed by atoms with Crippen LogP contribution >= 0.6 is 22.9 Å². The van der Waals surface area contributed by atoms with Crippen molar-refractivity contribution in [2.24, 2.45) is 0 Å². The van der Waals surface area contributed by atoms with Crippen LogP contribution in [0.15, 0.2) is 18.2 Å². The van der Waals surface area contributed by atoms with E-state index in [-0.39, 0.29) is 16.5 Å². The Bertz CT molecular complexity index is 827. The molecule has 1 aromatic carbocycles. The van der Waals surface area contributed by atoms with Crippen LogP contribution < -0.4 is 0 Å². The molecule has 0 radical (unpaired) electrons. The summed E-state index contributed by atoms with van der Waals surface area (Å²) in [7, 11) is 0. The number of halogens is 2. The van der Waals surface area contributed by atoms with Crippen molar-refractivity contribution in [1.29, 1.82) is 0 Å². The predicted octanol–water partition coefficient (Wildman–Crippen LogP) is 3.08. The average Bonchev–Trinajstić information content (AvgIpc) is 2.92. The van der Waals surface area contributed by atoms with Crippen molar-refractivity contribution >= 4 is 34.8 Å². The first kappa shape index (κ1) is 18.8. The number of benzene rings is 1. The van der Waals surface area contributed by atoms with E-state index < -0.39 is 11.7 Å². The van der Waals surface area contributed by atoms with Gasteiger partial charge in [0.1, 0.15) is 5.82 Å². The van der Waals surface area contributed by atoms with E-state index >= 15 is 0 Å². The molecule has 5 nitrogen and oxygen atoms in total. The Morgan fingerprint density at radius 1 is 1.19 bits per heavy atom. The van der Waals surface area contributed by atoms with Gasteiger partial charge >= 0.3 is 0 Å². The van der Waals surface area contributed by atoms with Crippen molar-refractivity contribution < 1.29 is 14.0 Å². The lowest BCUT2D eigenvalue weighted by atomic mass is 10.1. The second kappa shape index (κ2) is 7.72. The fraction of sp³-hybridized carbons (Fsp3) is 0.389. The second-order valence-corrected chi connectivity index (χ2v) is 7.88. The van der Waals surface area contributed by atoms with Gasteiger partial charge in [0.2, 0.25) is 5.91 Å². The number of amides is 2. The Morgan fingerprint density at radius 3 is 2.42 bits per heavy atom. The molecule has 2 aromatic rings. The lowest BCUT2D eigenvalue weighted by Crippen LogP contribution is -2.51. The van der Waals surface area contributed by atoms with Crippen LogP contribution in [-0.4, -0.2) is 52.8 Å². The largest absolute Gasteiger partial charge is 0.339 e. The Labute approximate surface area is 160 Å². The number of aromatic nitrogens is 1. The van der Waals surface area contributed by atoms with Crippen molar-refractivity contribution in [1.82, 2.24) is 14.8 Å². The van der Waals surface area contributed by atoms with Crippen molar-refractivity contribution in [3.63, 3.8) is 0 Å². The van der Waals surface area contributed by atoms with Crippen LogP contribution in [0.25, 0.3) is 0 Å². The molecule has 1 aliphatic heterocycles. The SMILES string of the molecule is Cc1nc(C)c(CC(=O)N2CCN(C(=O)c3c(F)cccc3Cl)CC2)s1. The maximum Gasteiger partial charge on any atom is 0.258 e. The van der Waals surface area contributed by atoms with E-state index in [0.717, 1.165) is 15.6 Å². The van der Waals surface area contributed by atoms with Crippen molar-refractivity contribution in [3.8, 4) is 0 Å². The fourth-order valence-electron chi connectivity index (χ4n) is 3.01. The highest BCUT2D eigenvalue weighted by molar-refractivity contribution is 7.11. The van der Waals surface area contributed by atoms with E-state index in [4.69, 9.17) is 11.6 Å². The van der Waals surface area contributed by atoms with Crippen LogP contribution in [0.4, 0.5) is 4.39 Å². The minimum absolute atomic E-state index is 0.0211. The Balaban J connectivity index is 1.61. The molecule has 2 amide bonds. The molecular formula is C18H19ClFN3O2S. The van der Waals surface area contributed by atoms with Gasteiger partial charge in [0.15, 0.2) is 0 Å². The molecule has 8 heteroatoms. The first-order valence-corrected chi connectivity index (χ1v) is 9.50. The average molecular weight is 396 g/mol. The molecule has 26 heavy (non-hydrogen) atoms. The number of carbonyl (C=O) groups excluding carboxylic acids is 2. The fourth-order valence-corrected chi connectivity index (χ4v) is 4.18. The summed E-state index contributed by atoms with van der Waals surface area (Å²) in [6.07, 6.45) is 0.324. The summed E-state index contributed by atoms with van der Waals surface area (Å²) in [5, 5.41) is 1.05. The summed E-state index contributed by atoms with van der Waals surface area (Å²) in [6.45, 7) is 5.39. The Kier molecular flexibility index (Phi) is 5.58. The third kappa shape index (κ3) is 3.88. The number of thiazole rings is 1. The minimum atomic E-state index is -0.628. The molecule has 0 N–H and O–H groups in total. The minimum Gasteiger partial charge on any atom is -0.339 e. The van der Waals surface area contributed by atoms with Crippen LogP contribution in [0.1, 0.15) is 25.9 Å². The number of rotatable bonds is 3. The van der Waals surface area contributed by atoms with Crippen molar-refractivity contribution in [2.75, 3.05) is 26.2 Å². The summed E-state index contributed by atoms with van der Waals surface area (Å²) >= 11 is 7.51. The van der Waals surface area contributed by atoms with Gasteiger partial charge in [-0.2, -0.15) is 0 Å².